The molecule has 4 atom stereocenters. The molecule has 3 aliphatic rings. The van der Waals surface area contributed by atoms with Gasteiger partial charge in [0.1, 0.15) is 26.9 Å². The topological polar surface area (TPSA) is 101 Å². The Hall–Kier alpha value is -2.05. The molecule has 8 nitrogen and oxygen atoms in total. The number of benzene rings is 2. The zero-order valence-corrected chi connectivity index (χ0v) is 29.3. The van der Waals surface area contributed by atoms with E-state index in [1.165, 1.54) is 53.8 Å². The molecule has 2 fully saturated rings. The van der Waals surface area contributed by atoms with Crippen LogP contribution in [0.1, 0.15) is 30.4 Å². The van der Waals surface area contributed by atoms with Crippen LogP contribution < -0.4 is 4.74 Å². The van der Waals surface area contributed by atoms with Gasteiger partial charge in [-0.05, 0) is 53.9 Å². The standard InChI is InChI=1S/C29H14Cl8N2O6S/c30-13-5-8-15(16(31)10-13)23(41)38(11-17(40)12-3-6-14(7-4-12)45-26(44)18-2-1-9-46-18)39-24(42)19-20(25(39)43)28(35)22(33)21(32)27(19,34)29(28,36)37/h1-10,19-20H,11H2/t19-,20-,27-,28-/m1/s1. The maximum absolute atomic E-state index is 14.1. The number of alkyl halides is 4. The second-order valence-electron chi connectivity index (χ2n) is 10.4. The molecule has 0 radical (unpaired) electrons. The van der Waals surface area contributed by atoms with Crippen LogP contribution in [-0.4, -0.2) is 60.1 Å². The Bertz CT molecular complexity index is 1840. The fraction of sp³-hybridized carbons (Fsp3) is 0.207. The fourth-order valence-electron chi connectivity index (χ4n) is 5.74. The van der Waals surface area contributed by atoms with E-state index in [2.05, 4.69) is 0 Å². The Morgan fingerprint density at radius 2 is 1.43 bits per heavy atom. The number of fused-ring (bicyclic) bond motifs is 5. The molecule has 2 heterocycles. The number of imide groups is 1. The highest BCUT2D eigenvalue weighted by molar-refractivity contribution is 7.12. The number of hydrogen-bond donors (Lipinski definition) is 0. The predicted octanol–water partition coefficient (Wildman–Crippen LogP) is 7.96. The lowest BCUT2D eigenvalue weighted by atomic mass is 9.84. The average Bonchev–Trinajstić information content (AvgIpc) is 3.69. The number of hydrazine groups is 1. The Kier molecular flexibility index (Phi) is 8.70. The van der Waals surface area contributed by atoms with Gasteiger partial charge in [0.25, 0.3) is 17.7 Å². The van der Waals surface area contributed by atoms with Crippen LogP contribution in [0.5, 0.6) is 5.75 Å². The van der Waals surface area contributed by atoms with Gasteiger partial charge >= 0.3 is 5.97 Å². The highest BCUT2D eigenvalue weighted by Crippen LogP contribution is 2.77. The lowest BCUT2D eigenvalue weighted by Gasteiger charge is -2.36. The smallest absolute Gasteiger partial charge is 0.353 e. The lowest BCUT2D eigenvalue weighted by Crippen LogP contribution is -2.56. The number of ketones is 1. The molecule has 1 saturated heterocycles. The molecular formula is C29H14Cl8N2O6S. The van der Waals surface area contributed by atoms with Crippen molar-refractivity contribution in [3.63, 3.8) is 0 Å². The summed E-state index contributed by atoms with van der Waals surface area (Å²) in [5.74, 6) is -7.39. The summed E-state index contributed by atoms with van der Waals surface area (Å²) in [6.07, 6.45) is 0. The Balaban J connectivity index is 1.35. The van der Waals surface area contributed by atoms with Crippen molar-refractivity contribution in [1.29, 1.82) is 0 Å². The molecular weight excluding hydrogens is 788 g/mol. The molecule has 0 spiro atoms. The summed E-state index contributed by atoms with van der Waals surface area (Å²) >= 11 is 53.1. The molecule has 1 aromatic heterocycles. The van der Waals surface area contributed by atoms with Gasteiger partial charge in [-0.25, -0.2) is 9.80 Å². The molecule has 0 N–H and O–H groups in total. The van der Waals surface area contributed by atoms with Gasteiger partial charge in [-0.3, -0.25) is 19.2 Å². The number of esters is 1. The molecule has 17 heteroatoms. The van der Waals surface area contributed by atoms with E-state index in [1.807, 2.05) is 0 Å². The third-order valence-corrected chi connectivity index (χ3v) is 13.6. The zero-order chi connectivity index (χ0) is 33.5. The maximum atomic E-state index is 14.1. The van der Waals surface area contributed by atoms with Crippen molar-refractivity contribution < 1.29 is 28.7 Å². The second-order valence-corrected chi connectivity index (χ2v) is 15.4. The number of hydrogen-bond acceptors (Lipinski definition) is 7. The van der Waals surface area contributed by atoms with Crippen molar-refractivity contribution in [1.82, 2.24) is 10.0 Å². The average molecular weight is 802 g/mol. The van der Waals surface area contributed by atoms with E-state index >= 15 is 0 Å². The largest absolute Gasteiger partial charge is 0.422 e. The van der Waals surface area contributed by atoms with Gasteiger partial charge in [-0.15, -0.1) is 34.5 Å². The highest BCUT2D eigenvalue weighted by Gasteiger charge is 2.88. The summed E-state index contributed by atoms with van der Waals surface area (Å²) in [6.45, 7) is -0.838. The second kappa shape index (κ2) is 11.8. The molecule has 1 aliphatic heterocycles. The van der Waals surface area contributed by atoms with Gasteiger partial charge in [-0.1, -0.05) is 75.7 Å². The van der Waals surface area contributed by atoms with Crippen molar-refractivity contribution in [2.75, 3.05) is 6.54 Å². The zero-order valence-electron chi connectivity index (χ0n) is 22.4. The number of thiophene rings is 1. The Labute approximate surface area is 304 Å². The van der Waals surface area contributed by atoms with Gasteiger partial charge in [0.2, 0.25) is 0 Å². The molecule has 1 saturated carbocycles. The molecule has 3 aromatic rings. The Morgan fingerprint density at radius 1 is 0.848 bits per heavy atom. The SMILES string of the molecule is O=C(CN(C(=O)c1ccc(Cl)cc1Cl)N1C(=O)[C@H]2[C@H](C1=O)[C@@]1(Cl)C(Cl)=C(Cl)[C@@]2(Cl)C1(Cl)Cl)c1ccc(OC(=O)c2cccs2)cc1. The van der Waals surface area contributed by atoms with E-state index in [0.29, 0.717) is 14.9 Å². The van der Waals surface area contributed by atoms with E-state index in [0.717, 1.165) is 0 Å². The number of halogens is 8. The first-order chi connectivity index (χ1) is 21.6. The highest BCUT2D eigenvalue weighted by atomic mass is 35.5. The molecule has 6 rings (SSSR count). The van der Waals surface area contributed by atoms with Crippen LogP contribution in [0.3, 0.4) is 0 Å². The van der Waals surface area contributed by atoms with Gasteiger partial charge in [-0.2, -0.15) is 5.01 Å². The molecule has 238 valence electrons. The van der Waals surface area contributed by atoms with Crippen LogP contribution in [0.2, 0.25) is 10.0 Å². The maximum Gasteiger partial charge on any atom is 0.353 e. The summed E-state index contributed by atoms with van der Waals surface area (Å²) in [4.78, 5) is 64.1. The molecule has 2 aliphatic carbocycles. The van der Waals surface area contributed by atoms with Crippen molar-refractivity contribution in [3.05, 3.63) is 96.1 Å². The summed E-state index contributed by atoms with van der Waals surface area (Å²) in [5, 5.41) is 2.24. The number of rotatable bonds is 7. The minimum atomic E-state index is -2.21. The van der Waals surface area contributed by atoms with E-state index in [9.17, 15) is 24.0 Å². The van der Waals surface area contributed by atoms with Gasteiger partial charge in [0, 0.05) is 10.6 Å². The van der Waals surface area contributed by atoms with E-state index in [4.69, 9.17) is 97.5 Å². The van der Waals surface area contributed by atoms with Gasteiger partial charge in [0.15, 0.2) is 10.1 Å². The minimum absolute atomic E-state index is 0.0474. The van der Waals surface area contributed by atoms with Crippen molar-refractivity contribution in [3.8, 4) is 5.75 Å². The van der Waals surface area contributed by atoms with Gasteiger partial charge in [0.05, 0.1) is 32.5 Å². The number of nitrogens with zero attached hydrogens (tertiary/aromatic N) is 2. The van der Waals surface area contributed by atoms with Gasteiger partial charge < -0.3 is 4.74 Å². The molecule has 46 heavy (non-hydrogen) atoms. The van der Waals surface area contributed by atoms with E-state index < -0.39 is 61.9 Å². The quantitative estimate of drug-likeness (QED) is 0.0791. The molecule has 2 aromatic carbocycles. The normalized spacial score (nSPS) is 26.0. The summed E-state index contributed by atoms with van der Waals surface area (Å²) in [7, 11) is 0. The third-order valence-electron chi connectivity index (χ3n) is 7.93. The first-order valence-electron chi connectivity index (χ1n) is 12.9. The summed E-state index contributed by atoms with van der Waals surface area (Å²) in [5.41, 5.74) is -0.138. The predicted molar refractivity (Wildman–Crippen MR) is 177 cm³/mol. The number of ether oxygens (including phenoxy) is 1. The number of carbonyl (C=O) groups is 5. The summed E-state index contributed by atoms with van der Waals surface area (Å²) in [6, 6.07) is 12.6. The number of allylic oxidation sites excluding steroid dienone is 2. The van der Waals surface area contributed by atoms with Crippen LogP contribution in [0.25, 0.3) is 0 Å². The van der Waals surface area contributed by atoms with E-state index in [1.54, 1.807) is 17.5 Å². The molecule has 3 amide bonds. The third kappa shape index (κ3) is 4.73. The van der Waals surface area contributed by atoms with Crippen molar-refractivity contribution in [2.45, 2.75) is 14.1 Å². The monoisotopic (exact) mass is 798 g/mol. The van der Waals surface area contributed by atoms with Crippen LogP contribution in [0.4, 0.5) is 0 Å². The van der Waals surface area contributed by atoms with Crippen LogP contribution in [0.15, 0.2) is 70.0 Å². The van der Waals surface area contributed by atoms with Crippen molar-refractivity contribution in [2.24, 2.45) is 11.8 Å². The van der Waals surface area contributed by atoms with E-state index in [-0.39, 0.29) is 37.0 Å². The lowest BCUT2D eigenvalue weighted by molar-refractivity contribution is -0.154. The van der Waals surface area contributed by atoms with Crippen LogP contribution in [-0.2, 0) is 9.59 Å². The van der Waals surface area contributed by atoms with Crippen LogP contribution in [0, 0.1) is 11.8 Å². The Morgan fingerprint density at radius 3 is 1.96 bits per heavy atom. The minimum Gasteiger partial charge on any atom is -0.422 e. The first kappa shape index (κ1) is 33.8. The van der Waals surface area contributed by atoms with Crippen molar-refractivity contribution >= 4 is 134 Å². The fourth-order valence-corrected chi connectivity index (χ4v) is 9.76. The van der Waals surface area contributed by atoms with Crippen LogP contribution >= 0.6 is 104 Å². The number of amides is 3. The summed E-state index contributed by atoms with van der Waals surface area (Å²) < 4.78 is 3.12. The number of Topliss-reactive ketones (excluding diaryl/α,β-unsaturated/α-hetero) is 1. The first-order valence-corrected chi connectivity index (χ1v) is 16.8. The molecule has 0 unspecified atom stereocenters. The molecule has 2 bridgehead atoms. The number of carbonyl (C=O) groups excluding carboxylic acids is 5.